The second-order valence-electron chi connectivity index (χ2n) is 8.79. The van der Waals surface area contributed by atoms with Gasteiger partial charge in [0, 0.05) is 19.6 Å². The number of nitrogens with zero attached hydrogens (tertiary/aromatic N) is 3. The zero-order valence-electron chi connectivity index (χ0n) is 18.3. The van der Waals surface area contributed by atoms with Crippen LogP contribution in [0.3, 0.4) is 0 Å². The fourth-order valence-corrected chi connectivity index (χ4v) is 6.06. The summed E-state index contributed by atoms with van der Waals surface area (Å²) in [6, 6.07) is 3.43. The highest BCUT2D eigenvalue weighted by atomic mass is 32.2. The lowest BCUT2D eigenvalue weighted by Crippen LogP contribution is -2.57. The highest BCUT2D eigenvalue weighted by Crippen LogP contribution is 2.43. The van der Waals surface area contributed by atoms with Crippen LogP contribution in [0.4, 0.5) is 23.7 Å². The lowest BCUT2D eigenvalue weighted by atomic mass is 9.86. The van der Waals surface area contributed by atoms with Crippen LogP contribution in [-0.4, -0.2) is 60.4 Å². The molecule has 2 heterocycles. The fourth-order valence-electron chi connectivity index (χ4n) is 4.07. The van der Waals surface area contributed by atoms with E-state index in [1.54, 1.807) is 27.7 Å². The van der Waals surface area contributed by atoms with E-state index in [-0.39, 0.29) is 38.2 Å². The molecular formula is C20H26F3N3O5S. The number of carbonyl (C=O) groups excluding carboxylic acids is 2. The number of rotatable bonds is 2. The fraction of sp³-hybridized carbons (Fsp3) is 0.600. The van der Waals surface area contributed by atoms with Crippen LogP contribution in [0.15, 0.2) is 24.3 Å². The van der Waals surface area contributed by atoms with Crippen molar-refractivity contribution in [1.82, 2.24) is 9.21 Å². The number of halogens is 3. The summed E-state index contributed by atoms with van der Waals surface area (Å²) in [6.45, 7) is 6.97. The third kappa shape index (κ3) is 4.17. The Morgan fingerprint density at radius 2 is 1.62 bits per heavy atom. The molecule has 1 spiro atoms. The van der Waals surface area contributed by atoms with Crippen molar-refractivity contribution in [2.75, 3.05) is 23.9 Å². The van der Waals surface area contributed by atoms with Gasteiger partial charge in [-0.15, -0.1) is 0 Å². The number of alkyl halides is 3. The molecule has 0 aliphatic carbocycles. The maximum Gasteiger partial charge on any atom is 0.416 e. The Morgan fingerprint density at radius 1 is 1.09 bits per heavy atom. The quantitative estimate of drug-likeness (QED) is 0.652. The molecule has 12 heteroatoms. The molecule has 2 saturated heterocycles. The van der Waals surface area contributed by atoms with Crippen LogP contribution < -0.4 is 4.31 Å². The van der Waals surface area contributed by atoms with Gasteiger partial charge < -0.3 is 9.64 Å². The molecule has 1 aromatic carbocycles. The Balaban J connectivity index is 1.89. The van der Waals surface area contributed by atoms with Gasteiger partial charge in [-0.2, -0.15) is 30.2 Å². The first-order valence-electron chi connectivity index (χ1n) is 10.2. The second kappa shape index (κ2) is 7.91. The van der Waals surface area contributed by atoms with Crippen LogP contribution >= 0.6 is 0 Å². The number of anilines is 1. The number of ether oxygens (including phenoxy) is 1. The van der Waals surface area contributed by atoms with E-state index >= 15 is 0 Å². The summed E-state index contributed by atoms with van der Waals surface area (Å²) in [7, 11) is -4.30. The van der Waals surface area contributed by atoms with Crippen molar-refractivity contribution in [3.8, 4) is 0 Å². The smallest absolute Gasteiger partial charge is 0.416 e. The third-order valence-corrected chi connectivity index (χ3v) is 7.53. The number of likely N-dealkylation sites (N-methyl/N-ethyl adjacent to an activating group) is 1. The van der Waals surface area contributed by atoms with Crippen molar-refractivity contribution < 1.29 is 35.9 Å². The summed E-state index contributed by atoms with van der Waals surface area (Å²) >= 11 is 0. The highest BCUT2D eigenvalue weighted by molar-refractivity contribution is 7.92. The molecule has 0 aromatic heterocycles. The Morgan fingerprint density at radius 3 is 2.06 bits per heavy atom. The molecule has 178 valence electrons. The normalized spacial score (nSPS) is 21.3. The average Bonchev–Trinajstić information content (AvgIpc) is 2.82. The van der Waals surface area contributed by atoms with E-state index in [4.69, 9.17) is 4.74 Å². The van der Waals surface area contributed by atoms with Gasteiger partial charge in [-0.05, 0) is 57.9 Å². The molecule has 2 amide bonds. The maximum absolute atomic E-state index is 13.4. The Labute approximate surface area is 185 Å². The molecular weight excluding hydrogens is 451 g/mol. The standard InChI is InChI=1S/C20H26F3N3O5S/c1-5-25-19(10-12-24(13-11-19)17(28)31-18(2,3)4)16(27)26(32(25,29)30)15-8-6-14(7-9-15)20(21,22)23/h6-9H,5,10-13H2,1-4H3. The van der Waals surface area contributed by atoms with E-state index in [0.717, 1.165) is 28.6 Å². The van der Waals surface area contributed by atoms with Crippen LogP contribution in [0.5, 0.6) is 0 Å². The maximum atomic E-state index is 13.4. The summed E-state index contributed by atoms with van der Waals surface area (Å²) in [5, 5.41) is 0. The van der Waals surface area contributed by atoms with Gasteiger partial charge in [-0.3, -0.25) is 4.79 Å². The Hall–Kier alpha value is -2.34. The number of hydrogen-bond donors (Lipinski definition) is 0. The summed E-state index contributed by atoms with van der Waals surface area (Å²) < 4.78 is 72.0. The van der Waals surface area contributed by atoms with Gasteiger partial charge in [0.2, 0.25) is 0 Å². The third-order valence-electron chi connectivity index (χ3n) is 5.53. The first kappa shape index (κ1) is 24.3. The van der Waals surface area contributed by atoms with Crippen molar-refractivity contribution in [2.24, 2.45) is 0 Å². The number of hydrogen-bond acceptors (Lipinski definition) is 5. The van der Waals surface area contributed by atoms with Crippen molar-refractivity contribution in [2.45, 2.75) is 57.9 Å². The highest BCUT2D eigenvalue weighted by Gasteiger charge is 2.62. The minimum atomic E-state index is -4.59. The monoisotopic (exact) mass is 477 g/mol. The van der Waals surface area contributed by atoms with Crippen molar-refractivity contribution in [3.05, 3.63) is 29.8 Å². The van der Waals surface area contributed by atoms with Crippen LogP contribution in [0.1, 0.15) is 46.1 Å². The predicted molar refractivity (Wildman–Crippen MR) is 110 cm³/mol. The number of carbonyl (C=O) groups is 2. The molecule has 0 atom stereocenters. The lowest BCUT2D eigenvalue weighted by Gasteiger charge is -2.40. The van der Waals surface area contributed by atoms with E-state index in [1.165, 1.54) is 4.90 Å². The van der Waals surface area contributed by atoms with Crippen molar-refractivity contribution >= 4 is 27.9 Å². The topological polar surface area (TPSA) is 87.2 Å². The molecule has 0 radical (unpaired) electrons. The Bertz CT molecular complexity index is 995. The van der Waals surface area contributed by atoms with E-state index in [9.17, 15) is 31.2 Å². The van der Waals surface area contributed by atoms with E-state index in [0.29, 0.717) is 4.31 Å². The minimum absolute atomic E-state index is 0.00234. The molecule has 1 aromatic rings. The number of amides is 2. The first-order chi connectivity index (χ1) is 14.6. The van der Waals surface area contributed by atoms with Crippen LogP contribution in [-0.2, 0) is 25.9 Å². The summed E-state index contributed by atoms with van der Waals surface area (Å²) in [6.07, 6.45) is -5.04. The molecule has 0 saturated carbocycles. The largest absolute Gasteiger partial charge is 0.444 e. The molecule has 2 fully saturated rings. The van der Waals surface area contributed by atoms with E-state index in [2.05, 4.69) is 0 Å². The van der Waals surface area contributed by atoms with Gasteiger partial charge in [0.1, 0.15) is 11.1 Å². The average molecular weight is 478 g/mol. The summed E-state index contributed by atoms with van der Waals surface area (Å²) in [5.41, 5.74) is -3.21. The number of likely N-dealkylation sites (tertiary alicyclic amines) is 1. The molecule has 0 unspecified atom stereocenters. The van der Waals surface area contributed by atoms with Crippen LogP contribution in [0, 0.1) is 0 Å². The summed E-state index contributed by atoms with van der Waals surface area (Å²) in [5.74, 6) is -0.733. The molecule has 2 aliphatic heterocycles. The van der Waals surface area contributed by atoms with Crippen molar-refractivity contribution in [3.63, 3.8) is 0 Å². The SMILES string of the molecule is CCN1C2(CCN(C(=O)OC(C)(C)C)CC2)C(=O)N(c2ccc(C(F)(F)F)cc2)S1(=O)=O. The lowest BCUT2D eigenvalue weighted by molar-refractivity contribution is -0.137. The van der Waals surface area contributed by atoms with Crippen LogP contribution in [0.25, 0.3) is 0 Å². The molecule has 2 aliphatic rings. The van der Waals surface area contributed by atoms with Gasteiger partial charge in [0.25, 0.3) is 5.91 Å². The predicted octanol–water partition coefficient (Wildman–Crippen LogP) is 3.39. The molecule has 0 N–H and O–H groups in total. The van der Waals surface area contributed by atoms with Gasteiger partial charge in [0.15, 0.2) is 0 Å². The van der Waals surface area contributed by atoms with Crippen molar-refractivity contribution in [1.29, 1.82) is 0 Å². The number of piperidine rings is 1. The van der Waals surface area contributed by atoms with E-state index in [1.807, 2.05) is 0 Å². The molecule has 3 rings (SSSR count). The zero-order chi connectivity index (χ0) is 24.1. The number of benzene rings is 1. The first-order valence-corrected chi connectivity index (χ1v) is 11.6. The summed E-state index contributed by atoms with van der Waals surface area (Å²) in [4.78, 5) is 27.2. The van der Waals surface area contributed by atoms with E-state index < -0.39 is 45.1 Å². The zero-order valence-corrected chi connectivity index (χ0v) is 19.1. The minimum Gasteiger partial charge on any atom is -0.444 e. The Kier molecular flexibility index (Phi) is 6.01. The van der Waals surface area contributed by atoms with Gasteiger partial charge in [-0.25, -0.2) is 4.79 Å². The van der Waals surface area contributed by atoms with Gasteiger partial charge in [-0.1, -0.05) is 6.92 Å². The molecule has 8 nitrogen and oxygen atoms in total. The van der Waals surface area contributed by atoms with Gasteiger partial charge in [0.05, 0.1) is 11.3 Å². The van der Waals surface area contributed by atoms with Gasteiger partial charge >= 0.3 is 22.5 Å². The van der Waals surface area contributed by atoms with Crippen LogP contribution in [0.2, 0.25) is 0 Å². The second-order valence-corrected chi connectivity index (χ2v) is 10.5. The molecule has 0 bridgehead atoms. The molecule has 32 heavy (non-hydrogen) atoms.